The van der Waals surface area contributed by atoms with Crippen molar-refractivity contribution in [2.45, 2.75) is 32.5 Å². The number of carbonyl (C=O) groups is 1. The fourth-order valence-corrected chi connectivity index (χ4v) is 4.44. The first-order valence-corrected chi connectivity index (χ1v) is 12.9. The Morgan fingerprint density at radius 1 is 1.00 bits per heavy atom. The number of benzene rings is 4. The summed E-state index contributed by atoms with van der Waals surface area (Å²) in [5.74, 6) is -0.0623. The lowest BCUT2D eigenvalue weighted by molar-refractivity contribution is -0.141. The van der Waals surface area contributed by atoms with Gasteiger partial charge in [0, 0.05) is 11.6 Å². The molecule has 4 aromatic carbocycles. The van der Waals surface area contributed by atoms with E-state index < -0.39 is 23.8 Å². The van der Waals surface area contributed by atoms with E-state index >= 15 is 0 Å². The monoisotopic (exact) mass is 550 g/mol. The summed E-state index contributed by atoms with van der Waals surface area (Å²) in [5.41, 5.74) is 10.1. The largest absolute Gasteiger partial charge is 0.489 e. The van der Waals surface area contributed by atoms with Gasteiger partial charge in [-0.3, -0.25) is 0 Å². The van der Waals surface area contributed by atoms with Crippen LogP contribution < -0.4 is 24.7 Å². The van der Waals surface area contributed by atoms with E-state index in [2.05, 4.69) is 6.07 Å². The van der Waals surface area contributed by atoms with Crippen LogP contribution in [0.4, 0.5) is 4.39 Å². The number of esters is 1. The van der Waals surface area contributed by atoms with Crippen LogP contribution in [0.3, 0.4) is 0 Å². The molecule has 0 aliphatic carbocycles. The SMILES string of the molecule is Cc1ccc(COc2cccc(C3C(C#N)=C(N)Oc4cc(OC(=O)C(C)Oc5ccc(F)cc5)ccc43)c2)cc1. The number of hydrogen-bond acceptors (Lipinski definition) is 7. The number of fused-ring (bicyclic) bond motifs is 1. The Morgan fingerprint density at radius 3 is 2.46 bits per heavy atom. The van der Waals surface area contributed by atoms with Crippen molar-refractivity contribution < 1.29 is 28.1 Å². The van der Waals surface area contributed by atoms with Crippen molar-refractivity contribution in [1.82, 2.24) is 0 Å². The number of nitrogens with zero attached hydrogens (tertiary/aromatic N) is 1. The molecular formula is C33H27FN2O5. The van der Waals surface area contributed by atoms with Crippen LogP contribution in [0.1, 0.15) is 35.1 Å². The quantitative estimate of drug-likeness (QED) is 0.203. The molecule has 1 aliphatic rings. The van der Waals surface area contributed by atoms with Crippen LogP contribution in [0.25, 0.3) is 0 Å². The number of nitriles is 1. The fourth-order valence-electron chi connectivity index (χ4n) is 4.44. The zero-order valence-corrected chi connectivity index (χ0v) is 22.5. The molecule has 0 spiro atoms. The summed E-state index contributed by atoms with van der Waals surface area (Å²) in [6.45, 7) is 3.96. The van der Waals surface area contributed by atoms with E-state index in [1.807, 2.05) is 55.5 Å². The van der Waals surface area contributed by atoms with E-state index in [0.29, 0.717) is 29.4 Å². The lowest BCUT2D eigenvalue weighted by atomic mass is 9.83. The molecule has 41 heavy (non-hydrogen) atoms. The molecule has 0 aromatic heterocycles. The van der Waals surface area contributed by atoms with Crippen LogP contribution in [0, 0.1) is 24.1 Å². The van der Waals surface area contributed by atoms with Gasteiger partial charge in [0.25, 0.3) is 0 Å². The zero-order valence-electron chi connectivity index (χ0n) is 22.5. The Labute approximate surface area is 237 Å². The predicted octanol–water partition coefficient (Wildman–Crippen LogP) is 6.30. The summed E-state index contributed by atoms with van der Waals surface area (Å²) in [5, 5.41) is 9.93. The highest BCUT2D eigenvalue weighted by atomic mass is 19.1. The summed E-state index contributed by atoms with van der Waals surface area (Å²) in [6, 6.07) is 28.0. The van der Waals surface area contributed by atoms with Crippen molar-refractivity contribution in [3.63, 3.8) is 0 Å². The minimum absolute atomic E-state index is 0.0348. The van der Waals surface area contributed by atoms with Gasteiger partial charge in [-0.2, -0.15) is 5.26 Å². The average molecular weight is 551 g/mol. The Morgan fingerprint density at radius 2 is 1.73 bits per heavy atom. The van der Waals surface area contributed by atoms with Gasteiger partial charge in [-0.25, -0.2) is 9.18 Å². The molecule has 0 bridgehead atoms. The molecule has 0 radical (unpaired) electrons. The van der Waals surface area contributed by atoms with Crippen molar-refractivity contribution in [2.75, 3.05) is 0 Å². The number of ether oxygens (including phenoxy) is 4. The molecule has 0 saturated carbocycles. The van der Waals surface area contributed by atoms with Gasteiger partial charge in [0.2, 0.25) is 5.88 Å². The van der Waals surface area contributed by atoms with Gasteiger partial charge in [0.05, 0.1) is 5.92 Å². The van der Waals surface area contributed by atoms with Crippen LogP contribution in [0.2, 0.25) is 0 Å². The molecule has 5 rings (SSSR count). The molecule has 0 saturated heterocycles. The normalized spacial score (nSPS) is 14.7. The van der Waals surface area contributed by atoms with Crippen molar-refractivity contribution in [2.24, 2.45) is 5.73 Å². The van der Waals surface area contributed by atoms with E-state index in [-0.39, 0.29) is 17.2 Å². The first-order chi connectivity index (χ1) is 19.8. The van der Waals surface area contributed by atoms with E-state index in [4.69, 9.17) is 24.7 Å². The van der Waals surface area contributed by atoms with Crippen molar-refractivity contribution >= 4 is 5.97 Å². The minimum atomic E-state index is -0.956. The molecule has 1 aliphatic heterocycles. The number of halogens is 1. The van der Waals surface area contributed by atoms with Gasteiger partial charge >= 0.3 is 5.97 Å². The number of hydrogen-bond donors (Lipinski definition) is 1. The molecule has 206 valence electrons. The Bertz CT molecular complexity index is 1640. The highest BCUT2D eigenvalue weighted by Crippen LogP contribution is 2.44. The van der Waals surface area contributed by atoms with Crippen molar-refractivity contribution in [3.05, 3.63) is 131 Å². The molecule has 0 amide bonds. The summed E-state index contributed by atoms with van der Waals surface area (Å²) >= 11 is 0. The van der Waals surface area contributed by atoms with Crippen LogP contribution in [-0.4, -0.2) is 12.1 Å². The van der Waals surface area contributed by atoms with Gasteiger partial charge in [-0.05, 0) is 67.4 Å². The topological polar surface area (TPSA) is 104 Å². The smallest absolute Gasteiger partial charge is 0.352 e. The van der Waals surface area contributed by atoms with Gasteiger partial charge in [-0.15, -0.1) is 0 Å². The third-order valence-electron chi connectivity index (χ3n) is 6.58. The Kier molecular flexibility index (Phi) is 7.88. The molecule has 0 fully saturated rings. The summed E-state index contributed by atoms with van der Waals surface area (Å²) in [6.07, 6.45) is -0.956. The third kappa shape index (κ3) is 6.31. The lowest BCUT2D eigenvalue weighted by Crippen LogP contribution is -2.28. The maximum atomic E-state index is 13.2. The van der Waals surface area contributed by atoms with Crippen LogP contribution >= 0.6 is 0 Å². The van der Waals surface area contributed by atoms with Crippen LogP contribution in [0.5, 0.6) is 23.0 Å². The second-order valence-corrected chi connectivity index (χ2v) is 9.61. The molecule has 7 nitrogen and oxygen atoms in total. The Balaban J connectivity index is 1.35. The minimum Gasteiger partial charge on any atom is -0.489 e. The summed E-state index contributed by atoms with van der Waals surface area (Å²) in [4.78, 5) is 12.7. The number of nitrogens with two attached hydrogens (primary N) is 1. The van der Waals surface area contributed by atoms with E-state index in [0.717, 1.165) is 11.1 Å². The van der Waals surface area contributed by atoms with Gasteiger partial charge in [0.15, 0.2) is 6.10 Å². The first-order valence-electron chi connectivity index (χ1n) is 12.9. The molecule has 2 unspecified atom stereocenters. The lowest BCUT2D eigenvalue weighted by Gasteiger charge is -2.27. The predicted molar refractivity (Wildman–Crippen MR) is 150 cm³/mol. The first kappa shape index (κ1) is 27.3. The standard InChI is InChI=1S/C33H27FN2O5/c1-20-6-8-22(9-7-20)19-38-26-5-3-4-23(16-26)31-28-15-14-27(17-30(28)41-32(36)29(31)18-35)40-33(37)21(2)39-25-12-10-24(34)11-13-25/h3-17,21,31H,19,36H2,1-2H3. The summed E-state index contributed by atoms with van der Waals surface area (Å²) in [7, 11) is 0. The van der Waals surface area contributed by atoms with E-state index in [9.17, 15) is 14.4 Å². The molecule has 4 aromatic rings. The molecule has 8 heteroatoms. The fraction of sp³-hybridized carbons (Fsp3) is 0.152. The van der Waals surface area contributed by atoms with E-state index in [1.165, 1.54) is 36.8 Å². The number of carbonyl (C=O) groups excluding carboxylic acids is 1. The molecule has 1 heterocycles. The van der Waals surface area contributed by atoms with Gasteiger partial charge in [-0.1, -0.05) is 48.0 Å². The third-order valence-corrected chi connectivity index (χ3v) is 6.58. The maximum Gasteiger partial charge on any atom is 0.352 e. The molecule has 2 atom stereocenters. The van der Waals surface area contributed by atoms with Gasteiger partial charge < -0.3 is 24.7 Å². The number of rotatable bonds is 8. The molecule has 2 N–H and O–H groups in total. The van der Waals surface area contributed by atoms with Crippen LogP contribution in [0.15, 0.2) is 102 Å². The van der Waals surface area contributed by atoms with Crippen LogP contribution in [-0.2, 0) is 11.4 Å². The summed E-state index contributed by atoms with van der Waals surface area (Å²) < 4.78 is 36.0. The second-order valence-electron chi connectivity index (χ2n) is 9.61. The van der Waals surface area contributed by atoms with Gasteiger partial charge in [0.1, 0.15) is 47.1 Å². The average Bonchev–Trinajstić information content (AvgIpc) is 2.97. The van der Waals surface area contributed by atoms with E-state index in [1.54, 1.807) is 18.2 Å². The highest BCUT2D eigenvalue weighted by molar-refractivity contribution is 5.77. The highest BCUT2D eigenvalue weighted by Gasteiger charge is 2.31. The second kappa shape index (κ2) is 11.8. The van der Waals surface area contributed by atoms with Crippen molar-refractivity contribution in [3.8, 4) is 29.1 Å². The molecular weight excluding hydrogens is 523 g/mol. The number of aryl methyl sites for hydroxylation is 1. The Hall–Kier alpha value is -5.29. The van der Waals surface area contributed by atoms with Crippen molar-refractivity contribution in [1.29, 1.82) is 5.26 Å². The number of allylic oxidation sites excluding steroid dienone is 1. The maximum absolute atomic E-state index is 13.2. The zero-order chi connectivity index (χ0) is 28.9.